The van der Waals surface area contributed by atoms with Gasteiger partial charge in [0.05, 0.1) is 0 Å². The van der Waals surface area contributed by atoms with Gasteiger partial charge in [-0.3, -0.25) is 9.59 Å². The van der Waals surface area contributed by atoms with Gasteiger partial charge in [0, 0.05) is 0 Å². The summed E-state index contributed by atoms with van der Waals surface area (Å²) >= 11 is 0. The predicted molar refractivity (Wildman–Crippen MR) is 49.9 cm³/mol. The number of hydrogen-bond donors (Lipinski definition) is 2. The minimum atomic E-state index is -1.27. The molecule has 0 aromatic carbocycles. The van der Waals surface area contributed by atoms with E-state index in [0.717, 1.165) is 0 Å². The van der Waals surface area contributed by atoms with Crippen LogP contribution in [-0.2, 0) is 9.59 Å². The van der Waals surface area contributed by atoms with Gasteiger partial charge in [0.2, 0.25) is 0 Å². The third-order valence-electron chi connectivity index (χ3n) is 3.92. The van der Waals surface area contributed by atoms with Crippen LogP contribution in [0.1, 0.15) is 27.7 Å². The molecule has 0 heterocycles. The molecular weight excluding hydrogens is 184 g/mol. The zero-order valence-corrected chi connectivity index (χ0v) is 8.71. The van der Waals surface area contributed by atoms with Gasteiger partial charge < -0.3 is 10.2 Å². The van der Waals surface area contributed by atoms with Crippen LogP contribution < -0.4 is 0 Å². The highest BCUT2D eigenvalue weighted by Crippen LogP contribution is 2.60. The second kappa shape index (κ2) is 2.59. The second-order valence-electron chi connectivity index (χ2n) is 4.11. The van der Waals surface area contributed by atoms with Crippen molar-refractivity contribution in [3.05, 3.63) is 11.1 Å². The monoisotopic (exact) mass is 198 g/mol. The first-order valence-corrected chi connectivity index (χ1v) is 4.36. The average Bonchev–Trinajstić information content (AvgIpc) is 2.12. The van der Waals surface area contributed by atoms with Gasteiger partial charge >= 0.3 is 11.9 Å². The maximum atomic E-state index is 11.1. The van der Waals surface area contributed by atoms with Crippen molar-refractivity contribution in [3.8, 4) is 0 Å². The van der Waals surface area contributed by atoms with Crippen LogP contribution in [0.4, 0.5) is 0 Å². The molecule has 0 spiro atoms. The molecule has 1 aliphatic carbocycles. The summed E-state index contributed by atoms with van der Waals surface area (Å²) in [5.41, 5.74) is -1.25. The fraction of sp³-hybridized carbons (Fsp3) is 0.600. The van der Waals surface area contributed by atoms with Gasteiger partial charge in [-0.2, -0.15) is 0 Å². The Morgan fingerprint density at radius 3 is 1.29 bits per heavy atom. The average molecular weight is 198 g/mol. The van der Waals surface area contributed by atoms with Crippen LogP contribution in [0.3, 0.4) is 0 Å². The van der Waals surface area contributed by atoms with Crippen LogP contribution in [0.5, 0.6) is 0 Å². The van der Waals surface area contributed by atoms with E-state index < -0.39 is 22.8 Å². The number of carbonyl (C=O) groups is 2. The summed E-state index contributed by atoms with van der Waals surface area (Å²) in [7, 11) is 0. The highest BCUT2D eigenvalue weighted by Gasteiger charge is 2.65. The zero-order chi connectivity index (χ0) is 11.3. The lowest BCUT2D eigenvalue weighted by Gasteiger charge is -2.51. The third kappa shape index (κ3) is 0.786. The largest absolute Gasteiger partial charge is 0.481 e. The number of carboxylic acids is 2. The van der Waals surface area contributed by atoms with Crippen LogP contribution in [0.25, 0.3) is 0 Å². The Hall–Kier alpha value is -1.32. The highest BCUT2D eigenvalue weighted by atomic mass is 16.4. The van der Waals surface area contributed by atoms with Gasteiger partial charge in [0.25, 0.3) is 0 Å². The maximum absolute atomic E-state index is 11.1. The van der Waals surface area contributed by atoms with E-state index in [1.165, 1.54) is 13.8 Å². The third-order valence-corrected chi connectivity index (χ3v) is 3.92. The van der Waals surface area contributed by atoms with E-state index in [1.807, 2.05) is 0 Å². The number of hydrogen-bond acceptors (Lipinski definition) is 2. The van der Waals surface area contributed by atoms with E-state index in [-0.39, 0.29) is 0 Å². The molecule has 0 aromatic heterocycles. The van der Waals surface area contributed by atoms with Gasteiger partial charge in [-0.1, -0.05) is 11.1 Å². The Labute approximate surface area is 82.2 Å². The molecule has 0 saturated heterocycles. The summed E-state index contributed by atoms with van der Waals surface area (Å²) in [6, 6.07) is 0. The Morgan fingerprint density at radius 2 is 1.14 bits per heavy atom. The van der Waals surface area contributed by atoms with Crippen LogP contribution in [0.15, 0.2) is 11.1 Å². The summed E-state index contributed by atoms with van der Waals surface area (Å²) in [5, 5.41) is 18.1. The fourth-order valence-corrected chi connectivity index (χ4v) is 2.19. The first-order chi connectivity index (χ1) is 6.20. The second-order valence-corrected chi connectivity index (χ2v) is 4.11. The van der Waals surface area contributed by atoms with E-state index in [2.05, 4.69) is 0 Å². The van der Waals surface area contributed by atoms with Crippen LogP contribution >= 0.6 is 0 Å². The molecule has 0 saturated carbocycles. The molecule has 2 atom stereocenters. The van der Waals surface area contributed by atoms with Crippen molar-refractivity contribution >= 4 is 11.9 Å². The molecule has 0 radical (unpaired) electrons. The van der Waals surface area contributed by atoms with Crippen LogP contribution in [-0.4, -0.2) is 22.2 Å². The molecule has 0 unspecified atom stereocenters. The highest BCUT2D eigenvalue weighted by molar-refractivity contribution is 5.95. The molecule has 2 N–H and O–H groups in total. The standard InChI is InChI=1S/C10H14O4/c1-5-6(2)10(4,8(13)14)9(5,3)7(11)12/h1-4H3,(H,11,12)(H,13,14)/t9-,10+. The van der Waals surface area contributed by atoms with Crippen molar-refractivity contribution in [1.82, 2.24) is 0 Å². The number of rotatable bonds is 2. The van der Waals surface area contributed by atoms with E-state index in [0.29, 0.717) is 11.1 Å². The van der Waals surface area contributed by atoms with Crippen molar-refractivity contribution < 1.29 is 19.8 Å². The first-order valence-electron chi connectivity index (χ1n) is 4.36. The summed E-state index contributed by atoms with van der Waals surface area (Å²) in [4.78, 5) is 22.2. The van der Waals surface area contributed by atoms with Gasteiger partial charge in [-0.25, -0.2) is 0 Å². The van der Waals surface area contributed by atoms with E-state index in [1.54, 1.807) is 13.8 Å². The van der Waals surface area contributed by atoms with E-state index in [4.69, 9.17) is 10.2 Å². The topological polar surface area (TPSA) is 74.6 Å². The molecular formula is C10H14O4. The normalized spacial score (nSPS) is 36.6. The molecule has 0 aliphatic heterocycles. The lowest BCUT2D eigenvalue weighted by molar-refractivity contribution is -0.168. The molecule has 1 aliphatic rings. The molecule has 0 aromatic rings. The molecule has 4 nitrogen and oxygen atoms in total. The number of aliphatic carboxylic acids is 2. The minimum Gasteiger partial charge on any atom is -0.481 e. The van der Waals surface area contributed by atoms with Crippen LogP contribution in [0.2, 0.25) is 0 Å². The molecule has 0 bridgehead atoms. The SMILES string of the molecule is CC1=C(C)[C@@](C)(C(=O)O)[C@@]1(C)C(=O)O. The summed E-state index contributed by atoms with van der Waals surface area (Å²) < 4.78 is 0. The lowest BCUT2D eigenvalue weighted by Crippen LogP contribution is -2.57. The Morgan fingerprint density at radius 1 is 0.929 bits per heavy atom. The van der Waals surface area contributed by atoms with Crippen molar-refractivity contribution in [1.29, 1.82) is 0 Å². The molecule has 0 fully saturated rings. The molecule has 78 valence electrons. The van der Waals surface area contributed by atoms with E-state index in [9.17, 15) is 9.59 Å². The summed E-state index contributed by atoms with van der Waals surface area (Å²) in [6.45, 7) is 6.28. The summed E-state index contributed by atoms with van der Waals surface area (Å²) in [6.07, 6.45) is 0. The van der Waals surface area contributed by atoms with Gasteiger partial charge in [0.1, 0.15) is 10.8 Å². The fourth-order valence-electron chi connectivity index (χ4n) is 2.19. The molecule has 14 heavy (non-hydrogen) atoms. The lowest BCUT2D eigenvalue weighted by atomic mass is 9.48. The quantitative estimate of drug-likeness (QED) is 0.659. The molecule has 4 heteroatoms. The first kappa shape index (κ1) is 10.8. The van der Waals surface area contributed by atoms with Crippen molar-refractivity contribution in [2.45, 2.75) is 27.7 Å². The molecule has 0 amide bonds. The smallest absolute Gasteiger partial charge is 0.314 e. The van der Waals surface area contributed by atoms with Gasteiger partial charge in [-0.15, -0.1) is 0 Å². The van der Waals surface area contributed by atoms with Crippen molar-refractivity contribution in [2.24, 2.45) is 10.8 Å². The predicted octanol–water partition coefficient (Wildman–Crippen LogP) is 1.52. The number of carboxylic acid groups (broad SMARTS) is 2. The van der Waals surface area contributed by atoms with Crippen molar-refractivity contribution in [2.75, 3.05) is 0 Å². The zero-order valence-electron chi connectivity index (χ0n) is 8.71. The maximum Gasteiger partial charge on any atom is 0.314 e. The van der Waals surface area contributed by atoms with Gasteiger partial charge in [0.15, 0.2) is 0 Å². The minimum absolute atomic E-state index is 0.648. The van der Waals surface area contributed by atoms with Crippen molar-refractivity contribution in [3.63, 3.8) is 0 Å². The van der Waals surface area contributed by atoms with Gasteiger partial charge in [-0.05, 0) is 27.7 Å². The Balaban J connectivity index is 3.39. The Kier molecular flexibility index (Phi) is 1.99. The van der Waals surface area contributed by atoms with E-state index >= 15 is 0 Å². The summed E-state index contributed by atoms with van der Waals surface area (Å²) in [5.74, 6) is -2.16. The molecule has 1 rings (SSSR count). The Bertz CT molecular complexity index is 321. The van der Waals surface area contributed by atoms with Crippen LogP contribution in [0, 0.1) is 10.8 Å².